The van der Waals surface area contributed by atoms with E-state index in [0.717, 1.165) is 52.2 Å². The zero-order valence-electron chi connectivity index (χ0n) is 18.0. The Morgan fingerprint density at radius 3 is 2.34 bits per heavy atom. The molecule has 1 amide bonds. The molecule has 1 aliphatic rings. The molecule has 4 aromatic rings. The van der Waals surface area contributed by atoms with Gasteiger partial charge in [-0.15, -0.1) is 11.3 Å². The van der Waals surface area contributed by atoms with Gasteiger partial charge in [0.1, 0.15) is 10.6 Å². The Balaban J connectivity index is 1.29. The van der Waals surface area contributed by atoms with Gasteiger partial charge in [-0.05, 0) is 35.7 Å². The molecule has 0 radical (unpaired) electrons. The highest BCUT2D eigenvalue weighted by molar-refractivity contribution is 7.18. The summed E-state index contributed by atoms with van der Waals surface area (Å²) in [6, 6.07) is 20.2. The Morgan fingerprint density at radius 1 is 0.969 bits per heavy atom. The van der Waals surface area contributed by atoms with Crippen molar-refractivity contribution in [3.05, 3.63) is 71.1 Å². The first-order valence-corrected chi connectivity index (χ1v) is 11.7. The van der Waals surface area contributed by atoms with Crippen LogP contribution in [0.5, 0.6) is 0 Å². The molecular weight excluding hydrogens is 418 g/mol. The molecule has 2 aromatic heterocycles. The second-order valence-corrected chi connectivity index (χ2v) is 9.03. The minimum Gasteiger partial charge on any atom is -0.368 e. The number of aryl methyl sites for hydroxylation is 1. The van der Waals surface area contributed by atoms with Crippen LogP contribution < -0.4 is 10.6 Å². The fourth-order valence-corrected chi connectivity index (χ4v) is 5.10. The van der Waals surface area contributed by atoms with Crippen molar-refractivity contribution in [1.82, 2.24) is 14.9 Å². The van der Waals surface area contributed by atoms with Gasteiger partial charge in [0.15, 0.2) is 0 Å². The summed E-state index contributed by atoms with van der Waals surface area (Å²) in [6.07, 6.45) is 0.964. The predicted octanol–water partition coefficient (Wildman–Crippen LogP) is 4.47. The summed E-state index contributed by atoms with van der Waals surface area (Å²) in [7, 11) is 0. The lowest BCUT2D eigenvalue weighted by Gasteiger charge is -2.35. The van der Waals surface area contributed by atoms with Crippen LogP contribution in [0, 0.1) is 0 Å². The lowest BCUT2D eigenvalue weighted by atomic mass is 10.0. The average Bonchev–Trinajstić information content (AvgIpc) is 3.27. The van der Waals surface area contributed by atoms with Gasteiger partial charge >= 0.3 is 0 Å². The maximum atomic E-state index is 13.1. The van der Waals surface area contributed by atoms with E-state index >= 15 is 0 Å². The molecular formula is C25H25N5OS. The van der Waals surface area contributed by atoms with Gasteiger partial charge in [0.05, 0.1) is 5.39 Å². The zero-order valence-corrected chi connectivity index (χ0v) is 18.8. The second kappa shape index (κ2) is 8.59. The number of nitrogens with two attached hydrogens (primary N) is 1. The number of carbonyl (C=O) groups excluding carboxylic acids is 1. The van der Waals surface area contributed by atoms with Gasteiger partial charge < -0.3 is 15.5 Å². The lowest BCUT2D eigenvalue weighted by molar-refractivity contribution is 0.0746. The summed E-state index contributed by atoms with van der Waals surface area (Å²) in [5.74, 6) is 1.25. The number of fused-ring (bicyclic) bond motifs is 1. The van der Waals surface area contributed by atoms with Gasteiger partial charge in [0, 0.05) is 36.6 Å². The van der Waals surface area contributed by atoms with E-state index in [1.165, 1.54) is 4.88 Å². The highest BCUT2D eigenvalue weighted by Gasteiger charge is 2.25. The highest BCUT2D eigenvalue weighted by Crippen LogP contribution is 2.32. The van der Waals surface area contributed by atoms with Gasteiger partial charge in [-0.25, -0.2) is 4.98 Å². The van der Waals surface area contributed by atoms with Crippen molar-refractivity contribution < 1.29 is 4.79 Å². The van der Waals surface area contributed by atoms with Crippen molar-refractivity contribution in [1.29, 1.82) is 0 Å². The highest BCUT2D eigenvalue weighted by atomic mass is 32.1. The summed E-state index contributed by atoms with van der Waals surface area (Å²) in [6.45, 7) is 4.87. The third kappa shape index (κ3) is 3.91. The first-order valence-electron chi connectivity index (χ1n) is 10.9. The minimum atomic E-state index is 0.0698. The van der Waals surface area contributed by atoms with Crippen molar-refractivity contribution in [2.24, 2.45) is 0 Å². The van der Waals surface area contributed by atoms with Crippen molar-refractivity contribution in [3.63, 3.8) is 0 Å². The molecule has 0 aliphatic carbocycles. The van der Waals surface area contributed by atoms with E-state index in [0.29, 0.717) is 19.0 Å². The molecule has 0 spiro atoms. The SMILES string of the molecule is CCc1cc2c(N3CCN(C(=O)c4ccc(-c5ccccc5)cc4)CC3)nc(N)nc2s1. The molecule has 0 atom stereocenters. The number of benzene rings is 2. The third-order valence-electron chi connectivity index (χ3n) is 5.89. The molecule has 3 heterocycles. The van der Waals surface area contributed by atoms with E-state index in [1.54, 1.807) is 11.3 Å². The van der Waals surface area contributed by atoms with Crippen LogP contribution in [0.3, 0.4) is 0 Å². The number of hydrogen-bond acceptors (Lipinski definition) is 6. The van der Waals surface area contributed by atoms with Gasteiger partial charge in [0.25, 0.3) is 5.91 Å². The van der Waals surface area contributed by atoms with Crippen LogP contribution in [0.2, 0.25) is 0 Å². The van der Waals surface area contributed by atoms with Crippen LogP contribution in [0.25, 0.3) is 21.3 Å². The molecule has 1 aliphatic heterocycles. The Labute approximate surface area is 191 Å². The number of nitrogen functional groups attached to an aromatic ring is 1. The molecule has 32 heavy (non-hydrogen) atoms. The van der Waals surface area contributed by atoms with Crippen LogP contribution in [0.1, 0.15) is 22.2 Å². The van der Waals surface area contributed by atoms with Gasteiger partial charge in [-0.2, -0.15) is 4.98 Å². The van der Waals surface area contributed by atoms with Gasteiger partial charge in [-0.3, -0.25) is 4.79 Å². The van der Waals surface area contributed by atoms with Crippen LogP contribution >= 0.6 is 11.3 Å². The first-order chi connectivity index (χ1) is 15.6. The van der Waals surface area contributed by atoms with Crippen LogP contribution in [0.15, 0.2) is 60.7 Å². The quantitative estimate of drug-likeness (QED) is 0.504. The van der Waals surface area contributed by atoms with Crippen molar-refractivity contribution in [2.75, 3.05) is 36.8 Å². The topological polar surface area (TPSA) is 75.3 Å². The Kier molecular flexibility index (Phi) is 5.49. The molecule has 0 saturated carbocycles. The number of piperazine rings is 1. The number of hydrogen-bond donors (Lipinski definition) is 1. The third-order valence-corrected chi connectivity index (χ3v) is 7.07. The smallest absolute Gasteiger partial charge is 0.253 e. The Morgan fingerprint density at radius 2 is 1.66 bits per heavy atom. The second-order valence-electron chi connectivity index (χ2n) is 7.91. The molecule has 7 heteroatoms. The molecule has 1 fully saturated rings. The Bertz CT molecular complexity index is 1240. The summed E-state index contributed by atoms with van der Waals surface area (Å²) in [5.41, 5.74) is 8.96. The van der Waals surface area contributed by atoms with Crippen molar-refractivity contribution >= 4 is 39.2 Å². The number of carbonyl (C=O) groups is 1. The monoisotopic (exact) mass is 443 g/mol. The Hall–Kier alpha value is -3.45. The number of amides is 1. The average molecular weight is 444 g/mol. The van der Waals surface area contributed by atoms with Crippen LogP contribution in [-0.4, -0.2) is 47.0 Å². The molecule has 0 unspecified atom stereocenters. The van der Waals surface area contributed by atoms with E-state index in [9.17, 15) is 4.79 Å². The van der Waals surface area contributed by atoms with E-state index in [1.807, 2.05) is 47.4 Å². The molecule has 162 valence electrons. The van der Waals surface area contributed by atoms with Crippen LogP contribution in [-0.2, 0) is 6.42 Å². The van der Waals surface area contributed by atoms with E-state index in [4.69, 9.17) is 5.73 Å². The number of anilines is 2. The molecule has 6 nitrogen and oxygen atoms in total. The summed E-state index contributed by atoms with van der Waals surface area (Å²) in [5, 5.41) is 1.05. The first kappa shape index (κ1) is 20.5. The van der Waals surface area contributed by atoms with E-state index in [-0.39, 0.29) is 5.91 Å². The largest absolute Gasteiger partial charge is 0.368 e. The molecule has 2 aromatic carbocycles. The maximum absolute atomic E-state index is 13.1. The number of rotatable bonds is 4. The number of aromatic nitrogens is 2. The number of thiophene rings is 1. The van der Waals surface area contributed by atoms with Crippen molar-refractivity contribution in [3.8, 4) is 11.1 Å². The summed E-state index contributed by atoms with van der Waals surface area (Å²) >= 11 is 1.67. The molecule has 5 rings (SSSR count). The standard InChI is InChI=1S/C25H25N5OS/c1-2-20-16-21-22(27-25(26)28-23(21)32-20)29-12-14-30(15-13-29)24(31)19-10-8-18(9-11-19)17-6-4-3-5-7-17/h3-11,16H,2,12-15H2,1H3,(H2,26,27,28). The zero-order chi connectivity index (χ0) is 22.1. The minimum absolute atomic E-state index is 0.0698. The predicted molar refractivity (Wildman–Crippen MR) is 131 cm³/mol. The molecule has 2 N–H and O–H groups in total. The molecule has 0 bridgehead atoms. The van der Waals surface area contributed by atoms with Crippen LogP contribution in [0.4, 0.5) is 11.8 Å². The number of nitrogens with zero attached hydrogens (tertiary/aromatic N) is 4. The fraction of sp³-hybridized carbons (Fsp3) is 0.240. The van der Waals surface area contributed by atoms with Gasteiger partial charge in [0.2, 0.25) is 5.95 Å². The molecule has 1 saturated heterocycles. The summed E-state index contributed by atoms with van der Waals surface area (Å²) < 4.78 is 0. The van der Waals surface area contributed by atoms with E-state index < -0.39 is 0 Å². The van der Waals surface area contributed by atoms with Crippen molar-refractivity contribution in [2.45, 2.75) is 13.3 Å². The van der Waals surface area contributed by atoms with E-state index in [2.05, 4.69) is 40.0 Å². The maximum Gasteiger partial charge on any atom is 0.253 e. The summed E-state index contributed by atoms with van der Waals surface area (Å²) in [4.78, 5) is 28.3. The fourth-order valence-electron chi connectivity index (χ4n) is 4.13. The van der Waals surface area contributed by atoms with Gasteiger partial charge in [-0.1, -0.05) is 49.4 Å². The lowest BCUT2D eigenvalue weighted by Crippen LogP contribution is -2.49. The normalized spacial score (nSPS) is 14.2.